The van der Waals surface area contributed by atoms with Crippen LogP contribution in [-0.2, 0) is 9.47 Å². The first kappa shape index (κ1) is 13.6. The lowest BCUT2D eigenvalue weighted by atomic mass is 9.86. The topological polar surface area (TPSA) is 59.6 Å². The molecule has 1 saturated carbocycles. The van der Waals surface area contributed by atoms with Gasteiger partial charge >= 0.3 is 6.09 Å². The van der Waals surface area contributed by atoms with E-state index in [1.165, 1.54) is 0 Å². The highest BCUT2D eigenvalue weighted by Crippen LogP contribution is 2.22. The van der Waals surface area contributed by atoms with E-state index in [1.54, 1.807) is 0 Å². The zero-order valence-corrected chi connectivity index (χ0v) is 11.5. The Balaban J connectivity index is 1.59. The molecule has 2 aliphatic rings. The minimum absolute atomic E-state index is 0.250. The molecule has 2 N–H and O–H groups in total. The van der Waals surface area contributed by atoms with Crippen LogP contribution < -0.4 is 10.6 Å². The molecule has 0 aromatic carbocycles. The van der Waals surface area contributed by atoms with Crippen molar-refractivity contribution in [2.45, 2.75) is 63.8 Å². The molecule has 0 aromatic rings. The second-order valence-corrected chi connectivity index (χ2v) is 6.24. The molecule has 1 amide bonds. The summed E-state index contributed by atoms with van der Waals surface area (Å²) in [4.78, 5) is 11.5. The maximum atomic E-state index is 11.5. The van der Waals surface area contributed by atoms with Crippen LogP contribution >= 0.6 is 0 Å². The molecule has 0 spiro atoms. The van der Waals surface area contributed by atoms with Gasteiger partial charge in [0.15, 0.2) is 0 Å². The Bertz CT molecular complexity index is 289. The van der Waals surface area contributed by atoms with E-state index in [-0.39, 0.29) is 12.1 Å². The third kappa shape index (κ3) is 4.14. The number of hydrogen-bond donors (Lipinski definition) is 2. The second kappa shape index (κ2) is 5.45. The van der Waals surface area contributed by atoms with Gasteiger partial charge in [0, 0.05) is 24.7 Å². The van der Waals surface area contributed by atoms with Crippen LogP contribution in [0.4, 0.5) is 4.79 Å². The highest BCUT2D eigenvalue weighted by molar-refractivity contribution is 5.68. The molecule has 1 saturated heterocycles. The number of carbonyl (C=O) groups excluding carboxylic acids is 1. The number of alkyl carbamates (subject to hydrolysis) is 1. The van der Waals surface area contributed by atoms with Crippen LogP contribution in [-0.4, -0.2) is 43.0 Å². The monoisotopic (exact) mass is 256 g/mol. The third-order valence-corrected chi connectivity index (χ3v) is 3.26. The lowest BCUT2D eigenvalue weighted by Gasteiger charge is -2.38. The summed E-state index contributed by atoms with van der Waals surface area (Å²) in [7, 11) is 0. The molecule has 1 unspecified atom stereocenters. The Hall–Kier alpha value is -0.810. The fourth-order valence-electron chi connectivity index (χ4n) is 2.35. The first-order valence-electron chi connectivity index (χ1n) is 6.76. The van der Waals surface area contributed by atoms with Gasteiger partial charge in [-0.3, -0.25) is 0 Å². The van der Waals surface area contributed by atoms with E-state index in [0.717, 1.165) is 32.5 Å². The molecule has 1 aliphatic carbocycles. The Labute approximate surface area is 109 Å². The fraction of sp³-hybridized carbons (Fsp3) is 0.923. The number of rotatable bonds is 3. The zero-order chi connectivity index (χ0) is 13.2. The Morgan fingerprint density at radius 2 is 1.94 bits per heavy atom. The summed E-state index contributed by atoms with van der Waals surface area (Å²) in [6.45, 7) is 7.30. The lowest BCUT2D eigenvalue weighted by Crippen LogP contribution is -2.55. The standard InChI is InChI=1S/C13H24N2O3/c1-13(2,3)18-12(16)15-11-6-10(7-11)14-9-4-5-17-8-9/h9-11,14H,4-8H2,1-3H3,(H,15,16). The largest absolute Gasteiger partial charge is 0.444 e. The van der Waals surface area contributed by atoms with E-state index in [1.807, 2.05) is 20.8 Å². The molecule has 1 heterocycles. The van der Waals surface area contributed by atoms with Gasteiger partial charge in [-0.15, -0.1) is 0 Å². The second-order valence-electron chi connectivity index (χ2n) is 6.24. The molecule has 2 rings (SSSR count). The van der Waals surface area contributed by atoms with Crippen molar-refractivity contribution in [3.63, 3.8) is 0 Å². The Morgan fingerprint density at radius 3 is 2.50 bits per heavy atom. The summed E-state index contributed by atoms with van der Waals surface area (Å²) in [6, 6.07) is 1.26. The van der Waals surface area contributed by atoms with E-state index in [4.69, 9.17) is 9.47 Å². The predicted octanol–water partition coefficient (Wildman–Crippen LogP) is 1.42. The van der Waals surface area contributed by atoms with Crippen LogP contribution in [0.3, 0.4) is 0 Å². The molecule has 18 heavy (non-hydrogen) atoms. The average molecular weight is 256 g/mol. The minimum Gasteiger partial charge on any atom is -0.444 e. The zero-order valence-electron chi connectivity index (χ0n) is 11.5. The van der Waals surface area contributed by atoms with Crippen molar-refractivity contribution >= 4 is 6.09 Å². The van der Waals surface area contributed by atoms with Crippen LogP contribution in [0.2, 0.25) is 0 Å². The first-order valence-corrected chi connectivity index (χ1v) is 6.76. The van der Waals surface area contributed by atoms with Gasteiger partial charge in [0.2, 0.25) is 0 Å². The molecule has 1 atom stereocenters. The molecular formula is C13H24N2O3. The average Bonchev–Trinajstić information content (AvgIpc) is 2.63. The van der Waals surface area contributed by atoms with Gasteiger partial charge in [-0.2, -0.15) is 0 Å². The van der Waals surface area contributed by atoms with Gasteiger partial charge in [-0.25, -0.2) is 4.79 Å². The molecule has 5 heteroatoms. The molecule has 104 valence electrons. The Kier molecular flexibility index (Phi) is 4.12. The molecule has 0 aromatic heterocycles. The Morgan fingerprint density at radius 1 is 1.22 bits per heavy atom. The maximum Gasteiger partial charge on any atom is 0.407 e. The van der Waals surface area contributed by atoms with E-state index in [0.29, 0.717) is 12.1 Å². The van der Waals surface area contributed by atoms with Gasteiger partial charge in [0.05, 0.1) is 6.61 Å². The van der Waals surface area contributed by atoms with Gasteiger partial charge < -0.3 is 20.1 Å². The summed E-state index contributed by atoms with van der Waals surface area (Å²) in [6.07, 6.45) is 2.75. The number of hydrogen-bond acceptors (Lipinski definition) is 4. The number of ether oxygens (including phenoxy) is 2. The number of nitrogens with one attached hydrogen (secondary N) is 2. The van der Waals surface area contributed by atoms with Crippen LogP contribution in [0, 0.1) is 0 Å². The first-order chi connectivity index (χ1) is 8.42. The van der Waals surface area contributed by atoms with Crippen LogP contribution in [0.25, 0.3) is 0 Å². The summed E-state index contributed by atoms with van der Waals surface area (Å²) >= 11 is 0. The van der Waals surface area contributed by atoms with E-state index in [9.17, 15) is 4.79 Å². The van der Waals surface area contributed by atoms with Crippen LogP contribution in [0.1, 0.15) is 40.0 Å². The van der Waals surface area contributed by atoms with Crippen molar-refractivity contribution in [1.82, 2.24) is 10.6 Å². The van der Waals surface area contributed by atoms with Gasteiger partial charge in [-0.1, -0.05) is 0 Å². The highest BCUT2D eigenvalue weighted by atomic mass is 16.6. The van der Waals surface area contributed by atoms with Crippen molar-refractivity contribution in [2.75, 3.05) is 13.2 Å². The van der Waals surface area contributed by atoms with Crippen molar-refractivity contribution in [3.8, 4) is 0 Å². The quantitative estimate of drug-likeness (QED) is 0.802. The van der Waals surface area contributed by atoms with Crippen molar-refractivity contribution < 1.29 is 14.3 Å². The highest BCUT2D eigenvalue weighted by Gasteiger charge is 2.33. The molecule has 5 nitrogen and oxygen atoms in total. The van der Waals surface area contributed by atoms with E-state index >= 15 is 0 Å². The molecule has 0 bridgehead atoms. The molecule has 1 aliphatic heterocycles. The van der Waals surface area contributed by atoms with Crippen LogP contribution in [0.5, 0.6) is 0 Å². The summed E-state index contributed by atoms with van der Waals surface area (Å²) in [5.74, 6) is 0. The summed E-state index contributed by atoms with van der Waals surface area (Å²) < 4.78 is 10.5. The van der Waals surface area contributed by atoms with E-state index in [2.05, 4.69) is 10.6 Å². The number of carbonyl (C=O) groups is 1. The lowest BCUT2D eigenvalue weighted by molar-refractivity contribution is 0.0462. The van der Waals surface area contributed by atoms with Gasteiger partial charge in [0.1, 0.15) is 5.60 Å². The van der Waals surface area contributed by atoms with E-state index < -0.39 is 5.60 Å². The van der Waals surface area contributed by atoms with Crippen LogP contribution in [0.15, 0.2) is 0 Å². The summed E-state index contributed by atoms with van der Waals surface area (Å²) in [5.41, 5.74) is -0.424. The van der Waals surface area contributed by atoms with Gasteiger partial charge in [0.25, 0.3) is 0 Å². The predicted molar refractivity (Wildman–Crippen MR) is 68.5 cm³/mol. The SMILES string of the molecule is CC(C)(C)OC(=O)NC1CC(NC2CCOC2)C1. The number of amides is 1. The molecule has 2 fully saturated rings. The van der Waals surface area contributed by atoms with Crippen molar-refractivity contribution in [1.29, 1.82) is 0 Å². The van der Waals surface area contributed by atoms with Gasteiger partial charge in [-0.05, 0) is 40.0 Å². The van der Waals surface area contributed by atoms with Crippen molar-refractivity contribution in [2.24, 2.45) is 0 Å². The molecular weight excluding hydrogens is 232 g/mol. The van der Waals surface area contributed by atoms with Crippen molar-refractivity contribution in [3.05, 3.63) is 0 Å². The normalized spacial score (nSPS) is 31.8. The summed E-state index contributed by atoms with van der Waals surface area (Å²) in [5, 5.41) is 6.45. The fourth-order valence-corrected chi connectivity index (χ4v) is 2.35. The maximum absolute atomic E-state index is 11.5. The third-order valence-electron chi connectivity index (χ3n) is 3.26. The smallest absolute Gasteiger partial charge is 0.407 e. The minimum atomic E-state index is -0.424. The molecule has 0 radical (unpaired) electrons.